The van der Waals surface area contributed by atoms with Gasteiger partial charge in [-0.05, 0) is 23.6 Å². The van der Waals surface area contributed by atoms with E-state index in [1.807, 2.05) is 54.6 Å². The third kappa shape index (κ3) is 6.25. The Morgan fingerprint density at radius 3 is 2.64 bits per heavy atom. The van der Waals surface area contributed by atoms with E-state index in [4.69, 9.17) is 11.6 Å². The number of carbonyl (C=O) groups excluding carboxylic acids is 1. The van der Waals surface area contributed by atoms with Crippen molar-refractivity contribution in [2.45, 2.75) is 23.8 Å². The van der Waals surface area contributed by atoms with Crippen molar-refractivity contribution in [1.82, 2.24) is 15.3 Å². The first kappa shape index (κ1) is 20.2. The number of nitrogens with one attached hydrogen (secondary N) is 2. The number of halogens is 1. The predicted molar refractivity (Wildman–Crippen MR) is 113 cm³/mol. The number of hydrogen-bond donors (Lipinski definition) is 2. The van der Waals surface area contributed by atoms with E-state index in [0.29, 0.717) is 28.2 Å². The number of carbonyl (C=O) groups is 1. The minimum absolute atomic E-state index is 0.0678. The normalized spacial score (nSPS) is 10.6. The molecule has 0 aliphatic carbocycles. The highest BCUT2D eigenvalue weighted by atomic mass is 35.5. The van der Waals surface area contributed by atoms with Gasteiger partial charge in [-0.3, -0.25) is 9.59 Å². The number of hydrogen-bond acceptors (Lipinski definition) is 4. The molecule has 0 spiro atoms. The Kier molecular flexibility index (Phi) is 7.28. The van der Waals surface area contributed by atoms with Crippen molar-refractivity contribution >= 4 is 29.3 Å². The Morgan fingerprint density at radius 1 is 1.11 bits per heavy atom. The number of amides is 1. The fourth-order valence-corrected chi connectivity index (χ4v) is 3.80. The van der Waals surface area contributed by atoms with Crippen LogP contribution in [-0.4, -0.2) is 22.4 Å². The number of nitrogens with zero attached hydrogens (tertiary/aromatic N) is 1. The molecule has 0 aliphatic heterocycles. The van der Waals surface area contributed by atoms with E-state index in [-0.39, 0.29) is 17.9 Å². The molecule has 0 unspecified atom stereocenters. The van der Waals surface area contributed by atoms with Crippen LogP contribution in [0.25, 0.3) is 0 Å². The summed E-state index contributed by atoms with van der Waals surface area (Å²) < 4.78 is 0. The van der Waals surface area contributed by atoms with Gasteiger partial charge in [0.25, 0.3) is 5.56 Å². The highest BCUT2D eigenvalue weighted by Gasteiger charge is 2.09. The second kappa shape index (κ2) is 10.1. The quantitative estimate of drug-likeness (QED) is 0.437. The molecule has 0 aliphatic rings. The molecule has 5 nitrogen and oxygen atoms in total. The second-order valence-corrected chi connectivity index (χ2v) is 7.56. The largest absolute Gasteiger partial charge is 0.355 e. The maximum atomic E-state index is 12.2. The first-order valence-corrected chi connectivity index (χ1v) is 10.2. The molecule has 2 N–H and O–H groups in total. The Bertz CT molecular complexity index is 992. The minimum Gasteiger partial charge on any atom is -0.355 e. The van der Waals surface area contributed by atoms with Gasteiger partial charge in [-0.2, -0.15) is 0 Å². The maximum Gasteiger partial charge on any atom is 0.251 e. The molecule has 0 radical (unpaired) electrons. The van der Waals surface area contributed by atoms with Gasteiger partial charge in [0.05, 0.1) is 12.1 Å². The minimum atomic E-state index is -0.274. The summed E-state index contributed by atoms with van der Waals surface area (Å²) in [5.74, 6) is 0.422. The van der Waals surface area contributed by atoms with Gasteiger partial charge in [-0.25, -0.2) is 4.98 Å². The first-order valence-electron chi connectivity index (χ1n) is 8.87. The summed E-state index contributed by atoms with van der Waals surface area (Å²) in [5.41, 5.74) is 2.29. The van der Waals surface area contributed by atoms with Gasteiger partial charge in [0, 0.05) is 23.4 Å². The van der Waals surface area contributed by atoms with Crippen molar-refractivity contribution in [3.63, 3.8) is 0 Å². The van der Waals surface area contributed by atoms with Crippen LogP contribution in [0.1, 0.15) is 16.8 Å². The zero-order chi connectivity index (χ0) is 19.8. The van der Waals surface area contributed by atoms with Gasteiger partial charge in [-0.15, -0.1) is 0 Å². The fraction of sp³-hybridized carbons (Fsp3) is 0.190. The number of aromatic nitrogens is 2. The molecule has 3 aromatic rings. The Morgan fingerprint density at radius 2 is 1.86 bits per heavy atom. The number of thioether (sulfide) groups is 1. The Labute approximate surface area is 172 Å². The van der Waals surface area contributed by atoms with Gasteiger partial charge in [0.15, 0.2) is 5.16 Å². The lowest BCUT2D eigenvalue weighted by molar-refractivity contribution is -0.120. The molecule has 7 heteroatoms. The van der Waals surface area contributed by atoms with Crippen molar-refractivity contribution in [2.75, 3.05) is 6.54 Å². The maximum absolute atomic E-state index is 12.2. The van der Waals surface area contributed by atoms with Crippen molar-refractivity contribution in [1.29, 1.82) is 0 Å². The van der Waals surface area contributed by atoms with E-state index < -0.39 is 0 Å². The standard InChI is InChI=1S/C21H20ClN3O2S/c22-18-9-5-4-8-16(18)14-28-21-24-17(13-20(27)25-21)12-19(26)23-11-10-15-6-2-1-3-7-15/h1-9,13H,10-12,14H2,(H,23,26)(H,24,25,27). The Hall–Kier alpha value is -2.57. The van der Waals surface area contributed by atoms with Gasteiger partial charge in [0.2, 0.25) is 5.91 Å². The highest BCUT2D eigenvalue weighted by molar-refractivity contribution is 7.98. The lowest BCUT2D eigenvalue weighted by atomic mass is 10.1. The molecule has 1 heterocycles. The van der Waals surface area contributed by atoms with Crippen LogP contribution in [0.5, 0.6) is 0 Å². The van der Waals surface area contributed by atoms with E-state index in [1.165, 1.54) is 17.8 Å². The van der Waals surface area contributed by atoms with Gasteiger partial charge in [0.1, 0.15) is 0 Å². The zero-order valence-corrected chi connectivity index (χ0v) is 16.7. The van der Waals surface area contributed by atoms with Crippen molar-refractivity contribution in [3.05, 3.63) is 92.9 Å². The Balaban J connectivity index is 1.54. The average Bonchev–Trinajstić information content (AvgIpc) is 2.68. The highest BCUT2D eigenvalue weighted by Crippen LogP contribution is 2.23. The summed E-state index contributed by atoms with van der Waals surface area (Å²) in [7, 11) is 0. The number of aromatic amines is 1. The molecule has 0 saturated heterocycles. The summed E-state index contributed by atoms with van der Waals surface area (Å²) in [6.07, 6.45) is 0.826. The third-order valence-electron chi connectivity index (χ3n) is 4.02. The second-order valence-electron chi connectivity index (χ2n) is 6.18. The van der Waals surface area contributed by atoms with Crippen molar-refractivity contribution in [3.8, 4) is 0 Å². The van der Waals surface area contributed by atoms with Crippen LogP contribution in [0.3, 0.4) is 0 Å². The summed E-state index contributed by atoms with van der Waals surface area (Å²) >= 11 is 7.53. The first-order chi connectivity index (χ1) is 13.6. The summed E-state index contributed by atoms with van der Waals surface area (Å²) in [6, 6.07) is 18.8. The molecule has 0 bridgehead atoms. The molecule has 144 valence electrons. The van der Waals surface area contributed by atoms with Crippen molar-refractivity contribution in [2.24, 2.45) is 0 Å². The van der Waals surface area contributed by atoms with Crippen LogP contribution in [0.15, 0.2) is 70.6 Å². The molecule has 28 heavy (non-hydrogen) atoms. The third-order valence-corrected chi connectivity index (χ3v) is 5.31. The number of H-pyrrole nitrogens is 1. The van der Waals surface area contributed by atoms with Crippen LogP contribution in [0, 0.1) is 0 Å². The van der Waals surface area contributed by atoms with E-state index in [0.717, 1.165) is 17.5 Å². The monoisotopic (exact) mass is 413 g/mol. The summed E-state index contributed by atoms with van der Waals surface area (Å²) in [6.45, 7) is 0.542. The van der Waals surface area contributed by atoms with Gasteiger partial charge in [-0.1, -0.05) is 71.9 Å². The topological polar surface area (TPSA) is 74.8 Å². The van der Waals surface area contributed by atoms with Crippen LogP contribution in [0.2, 0.25) is 5.02 Å². The van der Waals surface area contributed by atoms with E-state index in [9.17, 15) is 9.59 Å². The molecule has 0 fully saturated rings. The van der Waals surface area contributed by atoms with E-state index in [2.05, 4.69) is 15.3 Å². The van der Waals surface area contributed by atoms with Gasteiger partial charge < -0.3 is 10.3 Å². The molecule has 0 atom stereocenters. The fourth-order valence-electron chi connectivity index (χ4n) is 2.62. The number of rotatable bonds is 8. The molecule has 1 amide bonds. The lowest BCUT2D eigenvalue weighted by Crippen LogP contribution is -2.28. The molecule has 1 aromatic heterocycles. The van der Waals surface area contributed by atoms with Crippen LogP contribution >= 0.6 is 23.4 Å². The van der Waals surface area contributed by atoms with Gasteiger partial charge >= 0.3 is 0 Å². The van der Waals surface area contributed by atoms with Crippen molar-refractivity contribution < 1.29 is 4.79 Å². The molecule has 2 aromatic carbocycles. The van der Waals surface area contributed by atoms with Crippen LogP contribution in [0.4, 0.5) is 0 Å². The van der Waals surface area contributed by atoms with E-state index >= 15 is 0 Å². The zero-order valence-electron chi connectivity index (χ0n) is 15.2. The average molecular weight is 414 g/mol. The SMILES string of the molecule is O=C(Cc1cc(=O)[nH]c(SCc2ccccc2Cl)n1)NCCc1ccccc1. The molecule has 0 saturated carbocycles. The molecular weight excluding hydrogens is 394 g/mol. The number of benzene rings is 2. The summed E-state index contributed by atoms with van der Waals surface area (Å²) in [4.78, 5) is 31.1. The van der Waals surface area contributed by atoms with E-state index in [1.54, 1.807) is 0 Å². The molecular formula is C21H20ClN3O2S. The predicted octanol–water partition coefficient (Wildman–Crippen LogP) is 3.62. The smallest absolute Gasteiger partial charge is 0.251 e. The van der Waals surface area contributed by atoms with Crippen LogP contribution in [-0.2, 0) is 23.4 Å². The lowest BCUT2D eigenvalue weighted by Gasteiger charge is -2.07. The molecule has 3 rings (SSSR count). The van der Waals surface area contributed by atoms with Crippen LogP contribution < -0.4 is 10.9 Å². The summed E-state index contributed by atoms with van der Waals surface area (Å²) in [5, 5.41) is 4.01.